The van der Waals surface area contributed by atoms with Crippen molar-refractivity contribution in [2.45, 2.75) is 13.0 Å². The molecule has 112 valence electrons. The van der Waals surface area contributed by atoms with E-state index in [-0.39, 0.29) is 36.5 Å². The highest BCUT2D eigenvalue weighted by atomic mass is 32.2. The molecule has 0 radical (unpaired) electrons. The number of nitrogens with zero attached hydrogens (tertiary/aromatic N) is 2. The van der Waals surface area contributed by atoms with Crippen molar-refractivity contribution < 1.29 is 13.2 Å². The molecule has 1 aliphatic heterocycles. The molecule has 7 heteroatoms. The summed E-state index contributed by atoms with van der Waals surface area (Å²) in [6, 6.07) is 1.31. The third-order valence-electron chi connectivity index (χ3n) is 3.25. The third-order valence-corrected chi connectivity index (χ3v) is 5.05. The van der Waals surface area contributed by atoms with Gasteiger partial charge in [0.05, 0.1) is 23.6 Å². The van der Waals surface area contributed by atoms with E-state index in [0.717, 1.165) is 0 Å². The molecule has 1 amide bonds. The minimum Gasteiger partial charge on any atom is -0.334 e. The van der Waals surface area contributed by atoms with E-state index in [1.54, 1.807) is 24.1 Å². The van der Waals surface area contributed by atoms with Crippen molar-refractivity contribution in [1.82, 2.24) is 9.88 Å². The number of pyridine rings is 1. The van der Waals surface area contributed by atoms with E-state index in [2.05, 4.69) is 16.8 Å². The summed E-state index contributed by atoms with van der Waals surface area (Å²) < 4.78 is 23.1. The SMILES string of the molecule is CC1CS(=O)(=O)CCN1C(=O)c1cncc(C#CCN)c1. The van der Waals surface area contributed by atoms with Gasteiger partial charge in [-0.1, -0.05) is 11.8 Å². The first kappa shape index (κ1) is 15.5. The average Bonchev–Trinajstić information content (AvgIpc) is 2.44. The molecular formula is C14H17N3O3S. The van der Waals surface area contributed by atoms with E-state index in [0.29, 0.717) is 11.1 Å². The summed E-state index contributed by atoms with van der Waals surface area (Å²) in [6.45, 7) is 2.18. The summed E-state index contributed by atoms with van der Waals surface area (Å²) in [7, 11) is -3.05. The van der Waals surface area contributed by atoms with E-state index in [4.69, 9.17) is 5.73 Å². The quantitative estimate of drug-likeness (QED) is 0.716. The number of hydrogen-bond donors (Lipinski definition) is 1. The van der Waals surface area contributed by atoms with E-state index < -0.39 is 9.84 Å². The van der Waals surface area contributed by atoms with Crippen molar-refractivity contribution in [3.8, 4) is 11.8 Å². The fraction of sp³-hybridized carbons (Fsp3) is 0.429. The molecule has 0 aliphatic carbocycles. The summed E-state index contributed by atoms with van der Waals surface area (Å²) in [4.78, 5) is 18.0. The topological polar surface area (TPSA) is 93.4 Å². The van der Waals surface area contributed by atoms with Gasteiger partial charge < -0.3 is 10.6 Å². The Balaban J connectivity index is 2.20. The van der Waals surface area contributed by atoms with Gasteiger partial charge in [-0.2, -0.15) is 0 Å². The van der Waals surface area contributed by atoms with Gasteiger partial charge in [-0.15, -0.1) is 0 Å². The fourth-order valence-electron chi connectivity index (χ4n) is 2.24. The maximum absolute atomic E-state index is 12.5. The third kappa shape index (κ3) is 3.80. The van der Waals surface area contributed by atoms with Crippen molar-refractivity contribution >= 4 is 15.7 Å². The second-order valence-corrected chi connectivity index (χ2v) is 7.16. The van der Waals surface area contributed by atoms with Crippen LogP contribution in [0.3, 0.4) is 0 Å². The minimum absolute atomic E-state index is 0.00115. The summed E-state index contributed by atoms with van der Waals surface area (Å²) in [5.41, 5.74) is 6.33. The second kappa shape index (κ2) is 6.24. The van der Waals surface area contributed by atoms with E-state index in [1.165, 1.54) is 6.20 Å². The highest BCUT2D eigenvalue weighted by Crippen LogP contribution is 2.15. The Bertz CT molecular complexity index is 704. The lowest BCUT2D eigenvalue weighted by Gasteiger charge is -2.33. The molecule has 1 fully saturated rings. The molecule has 0 saturated carbocycles. The zero-order valence-electron chi connectivity index (χ0n) is 11.7. The van der Waals surface area contributed by atoms with Crippen LogP contribution >= 0.6 is 0 Å². The molecule has 1 aromatic heterocycles. The van der Waals surface area contributed by atoms with E-state index in [1.807, 2.05) is 0 Å². The van der Waals surface area contributed by atoms with Gasteiger partial charge in [-0.25, -0.2) is 8.42 Å². The van der Waals surface area contributed by atoms with Gasteiger partial charge in [0.2, 0.25) is 0 Å². The van der Waals surface area contributed by atoms with Gasteiger partial charge in [-0.3, -0.25) is 9.78 Å². The van der Waals surface area contributed by atoms with Crippen molar-refractivity contribution in [2.24, 2.45) is 5.73 Å². The number of rotatable bonds is 1. The first-order chi connectivity index (χ1) is 9.93. The van der Waals surface area contributed by atoms with Gasteiger partial charge in [0.25, 0.3) is 5.91 Å². The molecule has 1 atom stereocenters. The fourth-order valence-corrected chi connectivity index (χ4v) is 3.80. The number of carbonyl (C=O) groups is 1. The van der Waals surface area contributed by atoms with Gasteiger partial charge in [0.15, 0.2) is 9.84 Å². The predicted octanol–water partition coefficient (Wildman–Crippen LogP) is -0.349. The highest BCUT2D eigenvalue weighted by molar-refractivity contribution is 7.91. The van der Waals surface area contributed by atoms with E-state index in [9.17, 15) is 13.2 Å². The number of carbonyl (C=O) groups excluding carboxylic acids is 1. The van der Waals surface area contributed by atoms with Crippen molar-refractivity contribution in [1.29, 1.82) is 0 Å². The van der Waals surface area contributed by atoms with Gasteiger partial charge >= 0.3 is 0 Å². The van der Waals surface area contributed by atoms with Crippen molar-refractivity contribution in [2.75, 3.05) is 24.6 Å². The molecule has 2 N–H and O–H groups in total. The van der Waals surface area contributed by atoms with Gasteiger partial charge in [-0.05, 0) is 13.0 Å². The molecule has 0 aromatic carbocycles. The lowest BCUT2D eigenvalue weighted by molar-refractivity contribution is 0.0712. The van der Waals surface area contributed by atoms with E-state index >= 15 is 0 Å². The van der Waals surface area contributed by atoms with Crippen LogP contribution in [0.1, 0.15) is 22.8 Å². The van der Waals surface area contributed by atoms with Crippen LogP contribution in [-0.2, 0) is 9.84 Å². The molecule has 2 rings (SSSR count). The summed E-state index contributed by atoms with van der Waals surface area (Å²) in [6.07, 6.45) is 3.02. The molecule has 1 unspecified atom stereocenters. The zero-order valence-corrected chi connectivity index (χ0v) is 12.6. The van der Waals surface area contributed by atoms with Crippen LogP contribution in [-0.4, -0.2) is 54.8 Å². The maximum Gasteiger partial charge on any atom is 0.255 e. The number of aromatic nitrogens is 1. The van der Waals surface area contributed by atoms with Crippen LogP contribution in [0.25, 0.3) is 0 Å². The Morgan fingerprint density at radius 1 is 1.52 bits per heavy atom. The zero-order chi connectivity index (χ0) is 15.5. The Morgan fingerprint density at radius 2 is 2.29 bits per heavy atom. The Morgan fingerprint density at radius 3 is 2.95 bits per heavy atom. The first-order valence-corrected chi connectivity index (χ1v) is 8.40. The first-order valence-electron chi connectivity index (χ1n) is 6.58. The molecule has 1 aromatic rings. The molecule has 0 spiro atoms. The molecule has 6 nitrogen and oxygen atoms in total. The smallest absolute Gasteiger partial charge is 0.255 e. The molecular weight excluding hydrogens is 290 g/mol. The summed E-state index contributed by atoms with van der Waals surface area (Å²) in [5, 5.41) is 0. The van der Waals surface area contributed by atoms with Gasteiger partial charge in [0.1, 0.15) is 0 Å². The standard InChI is InChI=1S/C14H17N3O3S/c1-11-10-21(19,20)6-5-17(11)14(18)13-7-12(3-2-4-15)8-16-9-13/h7-9,11H,4-6,10,15H2,1H3. The van der Waals surface area contributed by atoms with Gasteiger partial charge in [0, 0.05) is 30.5 Å². The Hall–Kier alpha value is -1.91. The molecule has 21 heavy (non-hydrogen) atoms. The van der Waals surface area contributed by atoms with Crippen LogP contribution in [0.15, 0.2) is 18.5 Å². The molecule has 0 bridgehead atoms. The van der Waals surface area contributed by atoms with Crippen molar-refractivity contribution in [3.63, 3.8) is 0 Å². The summed E-state index contributed by atoms with van der Waals surface area (Å²) >= 11 is 0. The second-order valence-electron chi connectivity index (χ2n) is 4.93. The molecule has 2 heterocycles. The number of sulfone groups is 1. The van der Waals surface area contributed by atoms with Crippen LogP contribution in [0.2, 0.25) is 0 Å². The van der Waals surface area contributed by atoms with Crippen LogP contribution in [0, 0.1) is 11.8 Å². The normalized spacial score (nSPS) is 20.5. The Labute approximate surface area is 124 Å². The van der Waals surface area contributed by atoms with Crippen LogP contribution in [0.5, 0.6) is 0 Å². The maximum atomic E-state index is 12.5. The highest BCUT2D eigenvalue weighted by Gasteiger charge is 2.31. The number of hydrogen-bond acceptors (Lipinski definition) is 5. The lowest BCUT2D eigenvalue weighted by Crippen LogP contribution is -2.49. The largest absolute Gasteiger partial charge is 0.334 e. The minimum atomic E-state index is -3.05. The number of amides is 1. The Kier molecular flexibility index (Phi) is 4.60. The summed E-state index contributed by atoms with van der Waals surface area (Å²) in [5.74, 6) is 5.31. The predicted molar refractivity (Wildman–Crippen MR) is 79.3 cm³/mol. The lowest BCUT2D eigenvalue weighted by atomic mass is 10.1. The van der Waals surface area contributed by atoms with Crippen LogP contribution in [0.4, 0.5) is 0 Å². The average molecular weight is 307 g/mol. The molecule has 1 aliphatic rings. The monoisotopic (exact) mass is 307 g/mol. The number of nitrogens with two attached hydrogens (primary N) is 1. The molecule has 1 saturated heterocycles. The van der Waals surface area contributed by atoms with Crippen molar-refractivity contribution in [3.05, 3.63) is 29.6 Å². The van der Waals surface area contributed by atoms with Crippen LogP contribution < -0.4 is 5.73 Å².